The number of hydrogen-bond acceptors (Lipinski definition) is 7. The van der Waals surface area contributed by atoms with Crippen molar-refractivity contribution in [1.29, 1.82) is 0 Å². The van der Waals surface area contributed by atoms with Gasteiger partial charge in [0.25, 0.3) is 5.91 Å². The van der Waals surface area contributed by atoms with Crippen LogP contribution in [0, 0.1) is 5.92 Å². The maximum Gasteiger partial charge on any atom is 0.251 e. The molecule has 0 radical (unpaired) electrons. The second-order valence-corrected chi connectivity index (χ2v) is 8.71. The zero-order chi connectivity index (χ0) is 21.3. The molecule has 4 rings (SSSR count). The maximum absolute atomic E-state index is 13.2. The van der Waals surface area contributed by atoms with Crippen LogP contribution in [0.2, 0.25) is 0 Å². The molecule has 1 aromatic carbocycles. The van der Waals surface area contributed by atoms with Gasteiger partial charge < -0.3 is 15.0 Å². The van der Waals surface area contributed by atoms with Gasteiger partial charge in [-0.05, 0) is 42.4 Å². The number of amides is 2. The Balaban J connectivity index is 1.48. The number of rotatable bonds is 6. The van der Waals surface area contributed by atoms with Gasteiger partial charge in [-0.15, -0.1) is 5.10 Å². The standard InChI is InChI=1S/C21H24N4O4S/c1-12(2)9-15(21(28)25-8-7-18-19(25)17(26)10-29-18)22-20(27)14-5-3-13(4-6-14)16-11-30-24-23-16/h3-6,11-12,15,18-19H,7-10H2,1-2H3,(H,22,27)/t15-,18+,19+/m0/s1. The van der Waals surface area contributed by atoms with E-state index in [2.05, 4.69) is 14.9 Å². The highest BCUT2D eigenvalue weighted by Gasteiger charge is 2.48. The fraction of sp³-hybridized carbons (Fsp3) is 0.476. The number of carbonyl (C=O) groups excluding carboxylic acids is 3. The van der Waals surface area contributed by atoms with Gasteiger partial charge in [-0.1, -0.05) is 30.5 Å². The van der Waals surface area contributed by atoms with Crippen LogP contribution in [0.15, 0.2) is 29.6 Å². The summed E-state index contributed by atoms with van der Waals surface area (Å²) in [6, 6.07) is 5.83. The summed E-state index contributed by atoms with van der Waals surface area (Å²) in [7, 11) is 0. The van der Waals surface area contributed by atoms with Crippen LogP contribution in [0.1, 0.15) is 37.0 Å². The number of carbonyl (C=O) groups is 3. The summed E-state index contributed by atoms with van der Waals surface area (Å²) in [5.74, 6) is -0.393. The molecule has 0 unspecified atom stereocenters. The van der Waals surface area contributed by atoms with Crippen LogP contribution in [0.4, 0.5) is 0 Å². The summed E-state index contributed by atoms with van der Waals surface area (Å²) in [5, 5.41) is 8.74. The summed E-state index contributed by atoms with van der Waals surface area (Å²) in [6.45, 7) is 4.53. The Kier molecular flexibility index (Phi) is 5.92. The highest BCUT2D eigenvalue weighted by molar-refractivity contribution is 7.03. The van der Waals surface area contributed by atoms with Gasteiger partial charge in [-0.2, -0.15) is 0 Å². The summed E-state index contributed by atoms with van der Waals surface area (Å²) in [4.78, 5) is 39.8. The molecule has 2 aromatic rings. The number of fused-ring (bicyclic) bond motifs is 1. The molecule has 30 heavy (non-hydrogen) atoms. The van der Waals surface area contributed by atoms with Crippen molar-refractivity contribution >= 4 is 29.1 Å². The first kappa shape index (κ1) is 20.6. The van der Waals surface area contributed by atoms with Crippen LogP contribution >= 0.6 is 11.5 Å². The largest absolute Gasteiger partial charge is 0.368 e. The average molecular weight is 429 g/mol. The molecule has 1 aromatic heterocycles. The molecule has 0 spiro atoms. The third kappa shape index (κ3) is 4.13. The molecular formula is C21H24N4O4S. The van der Waals surface area contributed by atoms with Crippen molar-refractivity contribution < 1.29 is 19.1 Å². The van der Waals surface area contributed by atoms with E-state index in [1.807, 2.05) is 31.4 Å². The number of aromatic nitrogens is 2. The number of ketones is 1. The first-order valence-corrected chi connectivity index (χ1v) is 10.9. The topological polar surface area (TPSA) is 101 Å². The van der Waals surface area contributed by atoms with E-state index in [4.69, 9.17) is 4.74 Å². The Morgan fingerprint density at radius 3 is 2.73 bits per heavy atom. The van der Waals surface area contributed by atoms with E-state index in [1.54, 1.807) is 17.0 Å². The third-order valence-corrected chi connectivity index (χ3v) is 6.01. The van der Waals surface area contributed by atoms with Crippen molar-refractivity contribution in [2.24, 2.45) is 5.92 Å². The van der Waals surface area contributed by atoms with Crippen molar-refractivity contribution in [1.82, 2.24) is 19.8 Å². The summed E-state index contributed by atoms with van der Waals surface area (Å²) >= 11 is 1.27. The van der Waals surface area contributed by atoms with Gasteiger partial charge in [0.2, 0.25) is 5.91 Å². The predicted octanol–water partition coefficient (Wildman–Crippen LogP) is 1.92. The number of hydrogen-bond donors (Lipinski definition) is 1. The SMILES string of the molecule is CC(C)C[C@H](NC(=O)c1ccc(-c2csnn2)cc1)C(=O)N1CC[C@H]2OCC(=O)[C@H]21. The smallest absolute Gasteiger partial charge is 0.251 e. The molecule has 9 heteroatoms. The Morgan fingerprint density at radius 2 is 2.07 bits per heavy atom. The van der Waals surface area contributed by atoms with Crippen LogP contribution < -0.4 is 5.32 Å². The molecule has 8 nitrogen and oxygen atoms in total. The van der Waals surface area contributed by atoms with E-state index >= 15 is 0 Å². The molecule has 158 valence electrons. The third-order valence-electron chi connectivity index (χ3n) is 5.51. The lowest BCUT2D eigenvalue weighted by atomic mass is 10.0. The van der Waals surface area contributed by atoms with Crippen molar-refractivity contribution in [3.8, 4) is 11.3 Å². The highest BCUT2D eigenvalue weighted by Crippen LogP contribution is 2.28. The number of benzene rings is 1. The Morgan fingerprint density at radius 1 is 1.30 bits per heavy atom. The highest BCUT2D eigenvalue weighted by atomic mass is 32.1. The van der Waals surface area contributed by atoms with Gasteiger partial charge >= 0.3 is 0 Å². The number of likely N-dealkylation sites (tertiary alicyclic amines) is 1. The Labute approximate surface area is 178 Å². The minimum Gasteiger partial charge on any atom is -0.368 e. The van der Waals surface area contributed by atoms with Gasteiger partial charge in [-0.3, -0.25) is 14.4 Å². The number of nitrogens with one attached hydrogen (secondary N) is 1. The molecule has 0 saturated carbocycles. The van der Waals surface area contributed by atoms with Crippen LogP contribution in [0.5, 0.6) is 0 Å². The van der Waals surface area contributed by atoms with E-state index in [-0.39, 0.29) is 36.2 Å². The van der Waals surface area contributed by atoms with E-state index in [0.717, 1.165) is 11.3 Å². The normalized spacial score (nSPS) is 21.7. The first-order chi connectivity index (χ1) is 14.4. The lowest BCUT2D eigenvalue weighted by Gasteiger charge is -2.28. The zero-order valence-corrected chi connectivity index (χ0v) is 17.7. The van der Waals surface area contributed by atoms with E-state index in [1.165, 1.54) is 11.5 Å². The minimum absolute atomic E-state index is 0.0567. The van der Waals surface area contributed by atoms with E-state index in [0.29, 0.717) is 24.9 Å². The molecule has 2 fully saturated rings. The van der Waals surface area contributed by atoms with E-state index in [9.17, 15) is 14.4 Å². The second kappa shape index (κ2) is 8.61. The molecule has 0 aliphatic carbocycles. The van der Waals surface area contributed by atoms with Crippen LogP contribution in [-0.2, 0) is 14.3 Å². The lowest BCUT2D eigenvalue weighted by Crippen LogP contribution is -2.52. The summed E-state index contributed by atoms with van der Waals surface area (Å²) in [5.41, 5.74) is 2.09. The van der Waals surface area contributed by atoms with Crippen molar-refractivity contribution in [3.05, 3.63) is 35.2 Å². The molecule has 3 atom stereocenters. The molecule has 2 aliphatic rings. The van der Waals surface area contributed by atoms with Crippen LogP contribution in [0.3, 0.4) is 0 Å². The molecule has 2 saturated heterocycles. The van der Waals surface area contributed by atoms with Crippen molar-refractivity contribution in [2.45, 2.75) is 44.9 Å². The van der Waals surface area contributed by atoms with E-state index < -0.39 is 12.1 Å². The van der Waals surface area contributed by atoms with Crippen LogP contribution in [-0.4, -0.2) is 63.4 Å². The lowest BCUT2D eigenvalue weighted by molar-refractivity contribution is -0.138. The Hall–Kier alpha value is -2.65. The zero-order valence-electron chi connectivity index (χ0n) is 16.9. The summed E-state index contributed by atoms with van der Waals surface area (Å²) in [6.07, 6.45) is 0.928. The van der Waals surface area contributed by atoms with Gasteiger partial charge in [0.15, 0.2) is 5.78 Å². The number of nitrogens with zero attached hydrogens (tertiary/aromatic N) is 3. The molecule has 0 bridgehead atoms. The number of Topliss-reactive ketones (excluding diaryl/α,β-unsaturated/α-hetero) is 1. The molecule has 3 heterocycles. The molecular weight excluding hydrogens is 404 g/mol. The molecule has 2 aliphatic heterocycles. The van der Waals surface area contributed by atoms with Gasteiger partial charge in [-0.25, -0.2) is 0 Å². The quantitative estimate of drug-likeness (QED) is 0.754. The molecule has 2 amide bonds. The fourth-order valence-electron chi connectivity index (χ4n) is 4.06. The van der Waals surface area contributed by atoms with Crippen molar-refractivity contribution in [2.75, 3.05) is 13.2 Å². The van der Waals surface area contributed by atoms with Crippen molar-refractivity contribution in [3.63, 3.8) is 0 Å². The Bertz CT molecular complexity index is 929. The minimum atomic E-state index is -0.688. The van der Waals surface area contributed by atoms with Gasteiger partial charge in [0.05, 0.1) is 6.10 Å². The first-order valence-electron chi connectivity index (χ1n) is 10.1. The summed E-state index contributed by atoms with van der Waals surface area (Å²) < 4.78 is 9.33. The second-order valence-electron chi connectivity index (χ2n) is 8.10. The van der Waals surface area contributed by atoms with Crippen LogP contribution in [0.25, 0.3) is 11.3 Å². The van der Waals surface area contributed by atoms with Gasteiger partial charge in [0, 0.05) is 23.1 Å². The number of ether oxygens (including phenoxy) is 1. The van der Waals surface area contributed by atoms with Gasteiger partial charge in [0.1, 0.15) is 24.4 Å². The predicted molar refractivity (Wildman–Crippen MR) is 111 cm³/mol. The monoisotopic (exact) mass is 428 g/mol. The average Bonchev–Trinajstić information content (AvgIpc) is 3.46. The molecule has 1 N–H and O–H groups in total. The fourth-order valence-corrected chi connectivity index (χ4v) is 4.52. The maximum atomic E-state index is 13.2.